The molecule has 2 aromatic carbocycles. The van der Waals surface area contributed by atoms with Gasteiger partial charge in [0.05, 0.1) is 0 Å². The third-order valence-electron chi connectivity index (χ3n) is 3.10. The third-order valence-corrected chi connectivity index (χ3v) is 3.10. The fourth-order valence-corrected chi connectivity index (χ4v) is 2.04. The van der Waals surface area contributed by atoms with E-state index in [0.29, 0.717) is 6.54 Å². The molecule has 0 aliphatic carbocycles. The monoisotopic (exact) mass is 225 g/mol. The summed E-state index contributed by atoms with van der Waals surface area (Å²) in [5, 5.41) is 0. The van der Waals surface area contributed by atoms with Gasteiger partial charge in [0, 0.05) is 0 Å². The van der Waals surface area contributed by atoms with Crippen molar-refractivity contribution in [2.45, 2.75) is 20.3 Å². The molecule has 2 N–H and O–H groups in total. The molecule has 0 radical (unpaired) electrons. The Labute approximate surface area is 103 Å². The van der Waals surface area contributed by atoms with E-state index in [1.807, 2.05) is 0 Å². The molecule has 0 amide bonds. The van der Waals surface area contributed by atoms with Gasteiger partial charge in [0.25, 0.3) is 0 Å². The molecule has 0 unspecified atom stereocenters. The van der Waals surface area contributed by atoms with Crippen LogP contribution in [0.25, 0.3) is 11.1 Å². The molecule has 0 aliphatic rings. The van der Waals surface area contributed by atoms with Gasteiger partial charge in [-0.2, -0.15) is 0 Å². The standard InChI is InChI=1S/C16H19N/c1-12-3-7-15(8-4-12)16-11-14(9-10-17)6-5-13(16)2/h3-8,11H,9-10,17H2,1-2H3. The average Bonchev–Trinajstić information content (AvgIpc) is 2.33. The Balaban J connectivity index is 2.42. The number of benzene rings is 2. The van der Waals surface area contributed by atoms with Gasteiger partial charge in [0.1, 0.15) is 0 Å². The van der Waals surface area contributed by atoms with Crippen LogP contribution in [0.3, 0.4) is 0 Å². The summed E-state index contributed by atoms with van der Waals surface area (Å²) < 4.78 is 0. The second-order valence-electron chi connectivity index (χ2n) is 4.55. The second kappa shape index (κ2) is 5.15. The molecule has 88 valence electrons. The average molecular weight is 225 g/mol. The summed E-state index contributed by atoms with van der Waals surface area (Å²) in [5.74, 6) is 0. The van der Waals surface area contributed by atoms with Crippen LogP contribution >= 0.6 is 0 Å². The van der Waals surface area contributed by atoms with Crippen LogP contribution in [0.15, 0.2) is 42.5 Å². The lowest BCUT2D eigenvalue weighted by Crippen LogP contribution is -2.02. The smallest absolute Gasteiger partial charge is 0.00367 e. The Morgan fingerprint density at radius 2 is 1.65 bits per heavy atom. The summed E-state index contributed by atoms with van der Waals surface area (Å²) >= 11 is 0. The van der Waals surface area contributed by atoms with Gasteiger partial charge in [-0.25, -0.2) is 0 Å². The van der Waals surface area contributed by atoms with Gasteiger partial charge in [-0.05, 0) is 49.1 Å². The molecule has 1 nitrogen and oxygen atoms in total. The van der Waals surface area contributed by atoms with Crippen LogP contribution in [0, 0.1) is 13.8 Å². The highest BCUT2D eigenvalue weighted by atomic mass is 14.5. The quantitative estimate of drug-likeness (QED) is 0.850. The summed E-state index contributed by atoms with van der Waals surface area (Å²) in [6.07, 6.45) is 0.944. The van der Waals surface area contributed by atoms with Crippen molar-refractivity contribution in [1.29, 1.82) is 0 Å². The maximum atomic E-state index is 5.61. The lowest BCUT2D eigenvalue weighted by Gasteiger charge is -2.09. The van der Waals surface area contributed by atoms with E-state index in [-0.39, 0.29) is 0 Å². The van der Waals surface area contributed by atoms with E-state index in [4.69, 9.17) is 5.73 Å². The minimum atomic E-state index is 0.705. The second-order valence-corrected chi connectivity index (χ2v) is 4.55. The zero-order valence-corrected chi connectivity index (χ0v) is 10.5. The summed E-state index contributed by atoms with van der Waals surface area (Å²) in [7, 11) is 0. The third kappa shape index (κ3) is 2.75. The highest BCUT2D eigenvalue weighted by Gasteiger charge is 2.03. The topological polar surface area (TPSA) is 26.0 Å². The van der Waals surface area contributed by atoms with Gasteiger partial charge in [-0.3, -0.25) is 0 Å². The van der Waals surface area contributed by atoms with E-state index >= 15 is 0 Å². The molecular formula is C16H19N. The van der Waals surface area contributed by atoms with Gasteiger partial charge in [-0.1, -0.05) is 48.0 Å². The summed E-state index contributed by atoms with van der Waals surface area (Å²) in [4.78, 5) is 0. The van der Waals surface area contributed by atoms with Gasteiger partial charge in [-0.15, -0.1) is 0 Å². The molecule has 17 heavy (non-hydrogen) atoms. The van der Waals surface area contributed by atoms with Crippen LogP contribution in [0.5, 0.6) is 0 Å². The molecular weight excluding hydrogens is 206 g/mol. The minimum Gasteiger partial charge on any atom is -0.330 e. The van der Waals surface area contributed by atoms with Gasteiger partial charge < -0.3 is 5.73 Å². The molecule has 0 aromatic heterocycles. The molecule has 0 bridgehead atoms. The van der Waals surface area contributed by atoms with Crippen LogP contribution in [0.1, 0.15) is 16.7 Å². The number of hydrogen-bond acceptors (Lipinski definition) is 1. The van der Waals surface area contributed by atoms with Crippen molar-refractivity contribution in [2.75, 3.05) is 6.54 Å². The first-order valence-electron chi connectivity index (χ1n) is 6.07. The molecule has 0 saturated heterocycles. The molecule has 0 atom stereocenters. The Bertz CT molecular complexity index is 497. The summed E-state index contributed by atoms with van der Waals surface area (Å²) in [6, 6.07) is 15.3. The fraction of sp³-hybridized carbons (Fsp3) is 0.250. The Hall–Kier alpha value is -1.60. The highest BCUT2D eigenvalue weighted by Crippen LogP contribution is 2.25. The number of nitrogens with two attached hydrogens (primary N) is 1. The van der Waals surface area contributed by atoms with Crippen LogP contribution in [-0.2, 0) is 6.42 Å². The van der Waals surface area contributed by atoms with E-state index in [1.165, 1.54) is 27.8 Å². The normalized spacial score (nSPS) is 10.5. The Morgan fingerprint density at radius 1 is 0.941 bits per heavy atom. The maximum absolute atomic E-state index is 5.61. The molecule has 0 heterocycles. The Morgan fingerprint density at radius 3 is 2.29 bits per heavy atom. The molecule has 0 spiro atoms. The molecule has 0 saturated carbocycles. The van der Waals surface area contributed by atoms with Crippen LogP contribution < -0.4 is 5.73 Å². The minimum absolute atomic E-state index is 0.705. The molecule has 1 heteroatoms. The first-order chi connectivity index (χ1) is 8.20. The van der Waals surface area contributed by atoms with Gasteiger partial charge >= 0.3 is 0 Å². The predicted molar refractivity (Wildman–Crippen MR) is 74.1 cm³/mol. The maximum Gasteiger partial charge on any atom is -0.00367 e. The molecule has 0 fully saturated rings. The van der Waals surface area contributed by atoms with Crippen molar-refractivity contribution in [1.82, 2.24) is 0 Å². The lowest BCUT2D eigenvalue weighted by atomic mass is 9.96. The number of aryl methyl sites for hydroxylation is 2. The highest BCUT2D eigenvalue weighted by molar-refractivity contribution is 5.68. The molecule has 2 rings (SSSR count). The van der Waals surface area contributed by atoms with Crippen LogP contribution in [0.4, 0.5) is 0 Å². The van der Waals surface area contributed by atoms with Crippen molar-refractivity contribution in [3.05, 3.63) is 59.2 Å². The van der Waals surface area contributed by atoms with E-state index < -0.39 is 0 Å². The van der Waals surface area contributed by atoms with Crippen LogP contribution in [-0.4, -0.2) is 6.54 Å². The van der Waals surface area contributed by atoms with Crippen LogP contribution in [0.2, 0.25) is 0 Å². The molecule has 0 aliphatic heterocycles. The number of hydrogen-bond donors (Lipinski definition) is 1. The largest absolute Gasteiger partial charge is 0.330 e. The van der Waals surface area contributed by atoms with E-state index in [0.717, 1.165) is 6.42 Å². The Kier molecular flexibility index (Phi) is 3.60. The van der Waals surface area contributed by atoms with Crippen molar-refractivity contribution in [2.24, 2.45) is 5.73 Å². The van der Waals surface area contributed by atoms with E-state index in [9.17, 15) is 0 Å². The fourth-order valence-electron chi connectivity index (χ4n) is 2.04. The van der Waals surface area contributed by atoms with Gasteiger partial charge in [0.15, 0.2) is 0 Å². The SMILES string of the molecule is Cc1ccc(-c2cc(CCN)ccc2C)cc1. The summed E-state index contributed by atoms with van der Waals surface area (Å²) in [5.41, 5.74) is 12.1. The predicted octanol–water partition coefficient (Wildman–Crippen LogP) is 3.47. The van der Waals surface area contributed by atoms with Crippen molar-refractivity contribution < 1.29 is 0 Å². The lowest BCUT2D eigenvalue weighted by molar-refractivity contribution is 0.968. The van der Waals surface area contributed by atoms with Crippen molar-refractivity contribution >= 4 is 0 Å². The van der Waals surface area contributed by atoms with E-state index in [2.05, 4.69) is 56.3 Å². The van der Waals surface area contributed by atoms with Gasteiger partial charge in [0.2, 0.25) is 0 Å². The molecule has 2 aromatic rings. The zero-order valence-electron chi connectivity index (χ0n) is 10.5. The summed E-state index contributed by atoms with van der Waals surface area (Å²) in [6.45, 7) is 4.97. The first kappa shape index (κ1) is 11.9. The zero-order chi connectivity index (χ0) is 12.3. The first-order valence-corrected chi connectivity index (χ1v) is 6.07. The van der Waals surface area contributed by atoms with E-state index in [1.54, 1.807) is 0 Å². The van der Waals surface area contributed by atoms with Crippen molar-refractivity contribution in [3.63, 3.8) is 0 Å². The van der Waals surface area contributed by atoms with Crippen molar-refractivity contribution in [3.8, 4) is 11.1 Å². The number of rotatable bonds is 3.